The normalized spacial score (nSPS) is 14.5. The minimum Gasteiger partial charge on any atom is -0.479 e. The minimum absolute atomic E-state index is 0.00644. The monoisotopic (exact) mass is 677 g/mol. The lowest BCUT2D eigenvalue weighted by atomic mass is 9.89. The Morgan fingerprint density at radius 2 is 1.69 bits per heavy atom. The maximum Gasteiger partial charge on any atom is 0.355 e. The van der Waals surface area contributed by atoms with Gasteiger partial charge in [-0.25, -0.2) is 22.3 Å². The lowest BCUT2D eigenvalue weighted by Gasteiger charge is -2.31. The molecule has 0 N–H and O–H groups in total. The highest BCUT2D eigenvalue weighted by atomic mass is 35.5. The van der Waals surface area contributed by atoms with Crippen molar-refractivity contribution in [3.8, 4) is 16.2 Å². The Kier molecular flexibility index (Phi) is 11.3. The molecule has 0 unspecified atom stereocenters. The Morgan fingerprint density at radius 1 is 1.00 bits per heavy atom. The van der Waals surface area contributed by atoms with Gasteiger partial charge in [0.05, 0.1) is 23.2 Å². The second-order valence-electron chi connectivity index (χ2n) is 11.5. The smallest absolute Gasteiger partial charge is 0.355 e. The van der Waals surface area contributed by atoms with Crippen LogP contribution >= 0.6 is 22.9 Å². The van der Waals surface area contributed by atoms with Gasteiger partial charge in [-0.1, -0.05) is 66.2 Å². The summed E-state index contributed by atoms with van der Waals surface area (Å²) in [7, 11) is -2.23. The molecule has 0 amide bonds. The van der Waals surface area contributed by atoms with E-state index in [4.69, 9.17) is 25.8 Å². The van der Waals surface area contributed by atoms with Gasteiger partial charge >= 0.3 is 17.9 Å². The quantitative estimate of drug-likeness (QED) is 0.177. The SMILES string of the molecule is COC(=O)COc1c(C(=O)OCOC(=O)C(C)(C)C)sc(-c2cccc(C3CCN(S(=O)(=O)Cc4ccccc4)CC3)c2)c1Cl. The number of carbonyl (C=O) groups excluding carboxylic acids is 3. The zero-order valence-electron chi connectivity index (χ0n) is 25.5. The Labute approximate surface area is 272 Å². The molecule has 13 heteroatoms. The van der Waals surface area contributed by atoms with E-state index in [1.807, 2.05) is 54.6 Å². The van der Waals surface area contributed by atoms with Gasteiger partial charge in [-0.15, -0.1) is 11.3 Å². The molecule has 0 bridgehead atoms. The number of thiophene rings is 1. The molecule has 0 saturated carbocycles. The summed E-state index contributed by atoms with van der Waals surface area (Å²) in [5.74, 6) is -2.01. The van der Waals surface area contributed by atoms with E-state index in [0.717, 1.165) is 22.5 Å². The third-order valence-corrected chi connectivity index (χ3v) is 10.7. The molecule has 3 aromatic rings. The Hall–Kier alpha value is -3.45. The average Bonchev–Trinajstić information content (AvgIpc) is 3.35. The first-order valence-electron chi connectivity index (χ1n) is 14.3. The molecule has 0 spiro atoms. The summed E-state index contributed by atoms with van der Waals surface area (Å²) in [5.41, 5.74) is 1.69. The standard InChI is InChI=1S/C32H36ClNO9S2/c1-32(2,3)31(37)43-20-42-30(36)29-27(41-18-25(35)40-4)26(33)28(44-29)24-12-8-11-23(17-24)22-13-15-34(16-14-22)45(38,39)19-21-9-6-5-7-10-21/h5-12,17,22H,13-16,18-20H2,1-4H3. The highest BCUT2D eigenvalue weighted by Crippen LogP contribution is 2.46. The molecule has 0 atom stereocenters. The molecule has 2 heterocycles. The van der Waals surface area contributed by atoms with E-state index in [-0.39, 0.29) is 27.3 Å². The van der Waals surface area contributed by atoms with Crippen molar-refractivity contribution in [3.63, 3.8) is 0 Å². The van der Waals surface area contributed by atoms with Crippen molar-refractivity contribution in [1.82, 2.24) is 4.31 Å². The van der Waals surface area contributed by atoms with Gasteiger partial charge < -0.3 is 18.9 Å². The maximum atomic E-state index is 13.0. The fraction of sp³-hybridized carbons (Fsp3) is 0.406. The molecule has 4 rings (SSSR count). The van der Waals surface area contributed by atoms with Gasteiger partial charge in [0.2, 0.25) is 16.8 Å². The highest BCUT2D eigenvalue weighted by molar-refractivity contribution is 7.88. The van der Waals surface area contributed by atoms with Gasteiger partial charge in [-0.2, -0.15) is 0 Å². The van der Waals surface area contributed by atoms with Crippen molar-refractivity contribution in [2.75, 3.05) is 33.6 Å². The number of esters is 3. The zero-order valence-corrected chi connectivity index (χ0v) is 27.9. The fourth-order valence-electron chi connectivity index (χ4n) is 4.73. The van der Waals surface area contributed by atoms with Gasteiger partial charge in [-0.05, 0) is 56.2 Å². The molecule has 0 aliphatic carbocycles. The van der Waals surface area contributed by atoms with Crippen LogP contribution in [0.15, 0.2) is 54.6 Å². The van der Waals surface area contributed by atoms with Crippen LogP contribution in [0.2, 0.25) is 5.02 Å². The van der Waals surface area contributed by atoms with Crippen molar-refractivity contribution in [3.05, 3.63) is 75.6 Å². The van der Waals surface area contributed by atoms with Crippen LogP contribution in [0.25, 0.3) is 10.4 Å². The predicted molar refractivity (Wildman–Crippen MR) is 171 cm³/mol. The molecular weight excluding hydrogens is 642 g/mol. The summed E-state index contributed by atoms with van der Waals surface area (Å²) in [6.45, 7) is 4.74. The van der Waals surface area contributed by atoms with Crippen LogP contribution in [-0.4, -0.2) is 64.2 Å². The lowest BCUT2D eigenvalue weighted by Crippen LogP contribution is -2.38. The number of sulfonamides is 1. The van der Waals surface area contributed by atoms with E-state index in [1.165, 1.54) is 7.11 Å². The van der Waals surface area contributed by atoms with E-state index in [2.05, 4.69) is 4.74 Å². The third-order valence-electron chi connectivity index (χ3n) is 7.21. The number of carbonyl (C=O) groups is 3. The Bertz CT molecular complexity index is 1620. The van der Waals surface area contributed by atoms with Crippen LogP contribution in [0, 0.1) is 5.41 Å². The average molecular weight is 678 g/mol. The first kappa shape index (κ1) is 34.4. The number of nitrogens with zero attached hydrogens (tertiary/aromatic N) is 1. The molecule has 2 aromatic carbocycles. The van der Waals surface area contributed by atoms with Gasteiger partial charge in [0, 0.05) is 13.1 Å². The summed E-state index contributed by atoms with van der Waals surface area (Å²) in [6.07, 6.45) is 1.29. The molecule has 45 heavy (non-hydrogen) atoms. The predicted octanol–water partition coefficient (Wildman–Crippen LogP) is 6.03. The summed E-state index contributed by atoms with van der Waals surface area (Å²) in [6, 6.07) is 16.8. The van der Waals surface area contributed by atoms with E-state index in [9.17, 15) is 22.8 Å². The number of benzene rings is 2. The molecule has 1 aromatic heterocycles. The van der Waals surface area contributed by atoms with Crippen LogP contribution < -0.4 is 4.74 Å². The van der Waals surface area contributed by atoms with Crippen molar-refractivity contribution >= 4 is 50.9 Å². The summed E-state index contributed by atoms with van der Waals surface area (Å²) in [5, 5.41) is 0.113. The Morgan fingerprint density at radius 3 is 2.33 bits per heavy atom. The van der Waals surface area contributed by atoms with Crippen LogP contribution in [0.3, 0.4) is 0 Å². The number of hydrogen-bond donors (Lipinski definition) is 0. The molecule has 1 aliphatic rings. The molecular formula is C32H36ClNO9S2. The highest BCUT2D eigenvalue weighted by Gasteiger charge is 2.31. The fourth-order valence-corrected chi connectivity index (χ4v) is 7.75. The first-order valence-corrected chi connectivity index (χ1v) is 17.1. The maximum absolute atomic E-state index is 13.0. The number of ether oxygens (including phenoxy) is 4. The molecule has 1 saturated heterocycles. The number of rotatable bonds is 11. The summed E-state index contributed by atoms with van der Waals surface area (Å²) >= 11 is 7.74. The minimum atomic E-state index is -3.44. The second kappa shape index (κ2) is 14.8. The van der Waals surface area contributed by atoms with Crippen molar-refractivity contribution in [2.24, 2.45) is 5.41 Å². The third kappa shape index (κ3) is 8.84. The van der Waals surface area contributed by atoms with E-state index in [0.29, 0.717) is 36.4 Å². The first-order chi connectivity index (χ1) is 21.3. The molecule has 1 aliphatic heterocycles. The molecule has 10 nitrogen and oxygen atoms in total. The molecule has 0 radical (unpaired) electrons. The lowest BCUT2D eigenvalue weighted by molar-refractivity contribution is -0.161. The van der Waals surface area contributed by atoms with E-state index >= 15 is 0 Å². The second-order valence-corrected chi connectivity index (χ2v) is 14.9. The number of methoxy groups -OCH3 is 1. The van der Waals surface area contributed by atoms with Crippen LogP contribution in [0.4, 0.5) is 0 Å². The number of halogens is 1. The van der Waals surface area contributed by atoms with Crippen LogP contribution in [-0.2, 0) is 39.6 Å². The van der Waals surface area contributed by atoms with Crippen molar-refractivity contribution < 1.29 is 41.7 Å². The van der Waals surface area contributed by atoms with Crippen molar-refractivity contribution in [1.29, 1.82) is 0 Å². The Balaban J connectivity index is 1.51. The van der Waals surface area contributed by atoms with Crippen molar-refractivity contribution in [2.45, 2.75) is 45.3 Å². The topological polar surface area (TPSA) is 126 Å². The molecule has 242 valence electrons. The largest absolute Gasteiger partial charge is 0.479 e. The van der Waals surface area contributed by atoms with E-state index < -0.39 is 46.7 Å². The van der Waals surface area contributed by atoms with Crippen LogP contribution in [0.1, 0.15) is 60.3 Å². The number of hydrogen-bond acceptors (Lipinski definition) is 10. The van der Waals surface area contributed by atoms with Gasteiger partial charge in [-0.3, -0.25) is 4.79 Å². The zero-order chi connectivity index (χ0) is 32.8. The molecule has 1 fully saturated rings. The van der Waals surface area contributed by atoms with Gasteiger partial charge in [0.15, 0.2) is 17.2 Å². The summed E-state index contributed by atoms with van der Waals surface area (Å²) < 4.78 is 48.1. The van der Waals surface area contributed by atoms with E-state index in [1.54, 1.807) is 25.1 Å². The summed E-state index contributed by atoms with van der Waals surface area (Å²) in [4.78, 5) is 37.4. The van der Waals surface area contributed by atoms with Crippen LogP contribution in [0.5, 0.6) is 5.75 Å². The van der Waals surface area contributed by atoms with Gasteiger partial charge in [0.25, 0.3) is 0 Å². The number of piperidine rings is 1. The van der Waals surface area contributed by atoms with Gasteiger partial charge in [0.1, 0.15) is 5.02 Å².